The van der Waals surface area contributed by atoms with Crippen molar-refractivity contribution in [2.75, 3.05) is 13.1 Å². The first-order valence-electron chi connectivity index (χ1n) is 8.43. The Morgan fingerprint density at radius 2 is 2.08 bits per heavy atom. The molecule has 4 rings (SSSR count). The summed E-state index contributed by atoms with van der Waals surface area (Å²) in [5.41, 5.74) is 3.37. The number of nitrogens with zero attached hydrogens (tertiary/aromatic N) is 1. The van der Waals surface area contributed by atoms with Gasteiger partial charge in [-0.1, -0.05) is 40.2 Å². The fourth-order valence-electron chi connectivity index (χ4n) is 3.78. The van der Waals surface area contributed by atoms with Crippen LogP contribution in [0.4, 0.5) is 4.39 Å². The average Bonchev–Trinajstić information content (AvgIpc) is 3.02. The molecule has 1 aliphatic rings. The van der Waals surface area contributed by atoms with Crippen LogP contribution in [-0.4, -0.2) is 23.0 Å². The zero-order valence-corrected chi connectivity index (χ0v) is 15.0. The van der Waals surface area contributed by atoms with Crippen molar-refractivity contribution in [2.45, 2.75) is 25.3 Å². The molecule has 1 aromatic heterocycles. The van der Waals surface area contributed by atoms with Crippen LogP contribution in [-0.2, 0) is 6.54 Å². The van der Waals surface area contributed by atoms with Gasteiger partial charge in [0.1, 0.15) is 5.82 Å². The number of halogens is 2. The first-order valence-corrected chi connectivity index (χ1v) is 9.22. The maximum atomic E-state index is 14.1. The Bertz CT molecular complexity index is 858. The van der Waals surface area contributed by atoms with Crippen molar-refractivity contribution in [3.8, 4) is 0 Å². The minimum Gasteiger partial charge on any atom is -0.361 e. The molecule has 1 aliphatic heterocycles. The maximum Gasteiger partial charge on any atom is 0.128 e. The lowest BCUT2D eigenvalue weighted by Crippen LogP contribution is -2.34. The first kappa shape index (κ1) is 15.9. The predicted molar refractivity (Wildman–Crippen MR) is 99.7 cm³/mol. The molecule has 1 unspecified atom stereocenters. The van der Waals surface area contributed by atoms with Crippen LogP contribution in [0.5, 0.6) is 0 Å². The minimum atomic E-state index is -0.126. The van der Waals surface area contributed by atoms with E-state index in [0.717, 1.165) is 29.5 Å². The number of aromatic nitrogens is 1. The molecule has 1 atom stereocenters. The molecule has 0 saturated carbocycles. The summed E-state index contributed by atoms with van der Waals surface area (Å²) in [6.45, 7) is 2.70. The number of rotatable bonds is 3. The maximum absolute atomic E-state index is 14.1. The fraction of sp³-hybridized carbons (Fsp3) is 0.300. The lowest BCUT2D eigenvalue weighted by Gasteiger charge is -2.32. The Labute approximate surface area is 149 Å². The second-order valence-corrected chi connectivity index (χ2v) is 7.52. The molecule has 3 aromatic rings. The third-order valence-corrected chi connectivity index (χ3v) is 5.47. The van der Waals surface area contributed by atoms with Gasteiger partial charge >= 0.3 is 0 Å². The van der Waals surface area contributed by atoms with E-state index >= 15 is 0 Å². The van der Waals surface area contributed by atoms with E-state index in [1.807, 2.05) is 12.1 Å². The van der Waals surface area contributed by atoms with Gasteiger partial charge in [0.2, 0.25) is 0 Å². The molecule has 0 aliphatic carbocycles. The van der Waals surface area contributed by atoms with Crippen LogP contribution in [0.3, 0.4) is 0 Å². The van der Waals surface area contributed by atoms with E-state index < -0.39 is 0 Å². The zero-order valence-electron chi connectivity index (χ0n) is 13.4. The van der Waals surface area contributed by atoms with E-state index in [1.54, 1.807) is 6.07 Å². The largest absolute Gasteiger partial charge is 0.361 e. The Hall–Kier alpha value is -1.65. The first-order chi connectivity index (χ1) is 11.7. The standard InChI is InChI=1S/C20H20BrFN2/c21-16-8-7-15(19(22)10-16)13-24-9-3-4-14(12-24)18-11-23-20-6-2-1-5-17(18)20/h1-2,5-8,10-11,14,23H,3-4,9,12-13H2. The van der Waals surface area contributed by atoms with E-state index in [9.17, 15) is 4.39 Å². The van der Waals surface area contributed by atoms with Crippen molar-refractivity contribution in [3.05, 3.63) is 70.1 Å². The molecule has 1 N–H and O–H groups in total. The summed E-state index contributed by atoms with van der Waals surface area (Å²) in [5.74, 6) is 0.381. The molecule has 2 nitrogen and oxygen atoms in total. The van der Waals surface area contributed by atoms with Gasteiger partial charge in [-0.25, -0.2) is 4.39 Å². The second-order valence-electron chi connectivity index (χ2n) is 6.60. The number of nitrogens with one attached hydrogen (secondary N) is 1. The second kappa shape index (κ2) is 6.69. The van der Waals surface area contributed by atoms with Gasteiger partial charge in [0.15, 0.2) is 0 Å². The van der Waals surface area contributed by atoms with Crippen LogP contribution >= 0.6 is 15.9 Å². The fourth-order valence-corrected chi connectivity index (χ4v) is 4.11. The lowest BCUT2D eigenvalue weighted by atomic mass is 9.90. The van der Waals surface area contributed by atoms with Crippen molar-refractivity contribution in [2.24, 2.45) is 0 Å². The van der Waals surface area contributed by atoms with Gasteiger partial charge in [0.25, 0.3) is 0 Å². The van der Waals surface area contributed by atoms with Crippen LogP contribution < -0.4 is 0 Å². The number of H-pyrrole nitrogens is 1. The van der Waals surface area contributed by atoms with Gasteiger partial charge in [-0.3, -0.25) is 4.90 Å². The Kier molecular flexibility index (Phi) is 4.42. The highest BCUT2D eigenvalue weighted by Gasteiger charge is 2.24. The summed E-state index contributed by atoms with van der Waals surface area (Å²) in [5, 5.41) is 1.32. The van der Waals surface area contributed by atoms with Crippen LogP contribution in [0.1, 0.15) is 29.9 Å². The summed E-state index contributed by atoms with van der Waals surface area (Å²) in [4.78, 5) is 5.76. The number of aromatic amines is 1. The molecule has 1 fully saturated rings. The van der Waals surface area contributed by atoms with Crippen LogP contribution in [0.2, 0.25) is 0 Å². The zero-order chi connectivity index (χ0) is 16.5. The third-order valence-electron chi connectivity index (χ3n) is 4.98. The lowest BCUT2D eigenvalue weighted by molar-refractivity contribution is 0.198. The summed E-state index contributed by atoms with van der Waals surface area (Å²) >= 11 is 3.32. The number of hydrogen-bond acceptors (Lipinski definition) is 1. The molecule has 24 heavy (non-hydrogen) atoms. The molecule has 124 valence electrons. The summed E-state index contributed by atoms with van der Waals surface area (Å²) in [6.07, 6.45) is 4.50. The molecule has 0 bridgehead atoms. The van der Waals surface area contributed by atoms with Gasteiger partial charge in [-0.15, -0.1) is 0 Å². The van der Waals surface area contributed by atoms with E-state index in [-0.39, 0.29) is 5.82 Å². The highest BCUT2D eigenvalue weighted by atomic mass is 79.9. The van der Waals surface area contributed by atoms with Crippen LogP contribution in [0.25, 0.3) is 10.9 Å². The summed E-state index contributed by atoms with van der Waals surface area (Å²) in [7, 11) is 0. The van der Waals surface area contributed by atoms with Gasteiger partial charge in [-0.05, 0) is 49.1 Å². The number of benzene rings is 2. The minimum absolute atomic E-state index is 0.126. The number of likely N-dealkylation sites (tertiary alicyclic amines) is 1. The van der Waals surface area contributed by atoms with Crippen LogP contribution in [0.15, 0.2) is 53.1 Å². The van der Waals surface area contributed by atoms with Crippen molar-refractivity contribution >= 4 is 26.8 Å². The van der Waals surface area contributed by atoms with E-state index in [4.69, 9.17) is 0 Å². The van der Waals surface area contributed by atoms with Crippen molar-refractivity contribution < 1.29 is 4.39 Å². The molecule has 0 radical (unpaired) electrons. The Morgan fingerprint density at radius 3 is 2.96 bits per heavy atom. The number of piperidine rings is 1. The average molecular weight is 387 g/mol. The monoisotopic (exact) mass is 386 g/mol. The molecule has 2 heterocycles. The molecule has 0 spiro atoms. The van der Waals surface area contributed by atoms with Crippen molar-refractivity contribution in [1.82, 2.24) is 9.88 Å². The smallest absolute Gasteiger partial charge is 0.128 e. The van der Waals surface area contributed by atoms with Crippen molar-refractivity contribution in [1.29, 1.82) is 0 Å². The van der Waals surface area contributed by atoms with Crippen molar-refractivity contribution in [3.63, 3.8) is 0 Å². The topological polar surface area (TPSA) is 19.0 Å². The van der Waals surface area contributed by atoms with Gasteiger partial charge in [-0.2, -0.15) is 0 Å². The molecular weight excluding hydrogens is 367 g/mol. The number of para-hydroxylation sites is 1. The van der Waals surface area contributed by atoms with E-state index in [0.29, 0.717) is 12.5 Å². The number of hydrogen-bond donors (Lipinski definition) is 1. The molecule has 2 aromatic carbocycles. The molecule has 0 amide bonds. The highest BCUT2D eigenvalue weighted by molar-refractivity contribution is 9.10. The molecule has 4 heteroatoms. The third kappa shape index (κ3) is 3.13. The highest BCUT2D eigenvalue weighted by Crippen LogP contribution is 2.32. The van der Waals surface area contributed by atoms with Gasteiger partial charge in [0, 0.05) is 40.2 Å². The number of fused-ring (bicyclic) bond motifs is 1. The van der Waals surface area contributed by atoms with Gasteiger partial charge < -0.3 is 4.98 Å². The SMILES string of the molecule is Fc1cc(Br)ccc1CN1CCCC(c2c[nH]c3ccccc23)C1. The Balaban J connectivity index is 1.53. The summed E-state index contributed by atoms with van der Waals surface area (Å²) < 4.78 is 14.9. The quantitative estimate of drug-likeness (QED) is 0.633. The molecular formula is C20H20BrFN2. The van der Waals surface area contributed by atoms with Crippen LogP contribution in [0, 0.1) is 5.82 Å². The predicted octanol–water partition coefficient (Wildman–Crippen LogP) is 5.45. The molecule has 1 saturated heterocycles. The van der Waals surface area contributed by atoms with E-state index in [2.05, 4.69) is 56.3 Å². The normalized spacial score (nSPS) is 19.0. The summed E-state index contributed by atoms with van der Waals surface area (Å²) in [6, 6.07) is 13.8. The van der Waals surface area contributed by atoms with Gasteiger partial charge in [0.05, 0.1) is 0 Å². The Morgan fingerprint density at radius 1 is 1.21 bits per heavy atom. The van der Waals surface area contributed by atoms with E-state index in [1.165, 1.54) is 22.9 Å².